The standard InChI is InChI=1S/C19H27N3O8S2/c1-3-29-18(25)16(20-32(27,28)15-7-5-4-6-8-15)13-19(31-21-26)9-11-22(12-10-19)30-17(24)14(2)23/h4-8,14,16,20,23H,3,9-13H2,1-2H3. The predicted octanol–water partition coefficient (Wildman–Crippen LogP) is 1.37. The van der Waals surface area contributed by atoms with Crippen LogP contribution in [0.2, 0.25) is 0 Å². The summed E-state index contributed by atoms with van der Waals surface area (Å²) in [4.78, 5) is 40.4. The number of sulfonamides is 1. The Balaban J connectivity index is 2.19. The Kier molecular flexibility index (Phi) is 9.58. The monoisotopic (exact) mass is 489 g/mol. The van der Waals surface area contributed by atoms with E-state index >= 15 is 0 Å². The second-order valence-electron chi connectivity index (χ2n) is 7.31. The van der Waals surface area contributed by atoms with E-state index in [-0.39, 0.29) is 43.9 Å². The van der Waals surface area contributed by atoms with E-state index in [1.807, 2.05) is 0 Å². The maximum atomic E-state index is 12.8. The largest absolute Gasteiger partial charge is 0.465 e. The van der Waals surface area contributed by atoms with Gasteiger partial charge in [-0.15, -0.1) is 9.97 Å². The number of piperidine rings is 1. The van der Waals surface area contributed by atoms with E-state index in [1.54, 1.807) is 25.1 Å². The van der Waals surface area contributed by atoms with Gasteiger partial charge < -0.3 is 14.7 Å². The first-order valence-electron chi connectivity index (χ1n) is 10.0. The smallest absolute Gasteiger partial charge is 0.353 e. The number of aliphatic hydroxyl groups excluding tert-OH is 1. The number of rotatable bonds is 11. The second kappa shape index (κ2) is 11.7. The first-order chi connectivity index (χ1) is 15.1. The van der Waals surface area contributed by atoms with Crippen LogP contribution in [-0.2, 0) is 29.2 Å². The summed E-state index contributed by atoms with van der Waals surface area (Å²) in [6.07, 6.45) is -0.779. The van der Waals surface area contributed by atoms with Gasteiger partial charge in [-0.1, -0.05) is 18.2 Å². The van der Waals surface area contributed by atoms with Gasteiger partial charge in [0.25, 0.3) is 0 Å². The molecule has 0 radical (unpaired) electrons. The van der Waals surface area contributed by atoms with Gasteiger partial charge in [0, 0.05) is 34.4 Å². The molecule has 32 heavy (non-hydrogen) atoms. The molecule has 1 aromatic carbocycles. The first kappa shape index (κ1) is 26.2. The highest BCUT2D eigenvalue weighted by atomic mass is 32.2. The van der Waals surface area contributed by atoms with E-state index in [2.05, 4.69) is 9.30 Å². The van der Waals surface area contributed by atoms with Crippen molar-refractivity contribution >= 4 is 33.9 Å². The molecule has 1 fully saturated rings. The molecule has 1 aliphatic rings. The lowest BCUT2D eigenvalue weighted by Crippen LogP contribution is -2.50. The molecule has 1 saturated heterocycles. The van der Waals surface area contributed by atoms with E-state index < -0.39 is 38.9 Å². The maximum Gasteiger partial charge on any atom is 0.353 e. The Bertz CT molecular complexity index is 887. The zero-order valence-corrected chi connectivity index (χ0v) is 19.4. The number of nitrogens with zero attached hydrogens (tertiary/aromatic N) is 2. The normalized spacial score (nSPS) is 18.3. The summed E-state index contributed by atoms with van der Waals surface area (Å²) in [6, 6.07) is 6.34. The topological polar surface area (TPSA) is 152 Å². The molecule has 1 heterocycles. The van der Waals surface area contributed by atoms with Crippen LogP contribution in [0, 0.1) is 4.91 Å². The fraction of sp³-hybridized carbons (Fsp3) is 0.579. The molecular formula is C19H27N3O8S2. The molecule has 13 heteroatoms. The number of carbonyl (C=O) groups is 2. The highest BCUT2D eigenvalue weighted by Crippen LogP contribution is 2.41. The van der Waals surface area contributed by atoms with Gasteiger partial charge in [-0.05, 0) is 45.2 Å². The van der Waals surface area contributed by atoms with Crippen molar-refractivity contribution in [3.05, 3.63) is 35.2 Å². The van der Waals surface area contributed by atoms with Crippen LogP contribution in [0.4, 0.5) is 0 Å². The Morgan fingerprint density at radius 1 is 1.25 bits per heavy atom. The summed E-state index contributed by atoms with van der Waals surface area (Å²) in [7, 11) is -4.03. The van der Waals surface area contributed by atoms with Crippen molar-refractivity contribution in [1.82, 2.24) is 9.79 Å². The molecular weight excluding hydrogens is 462 g/mol. The summed E-state index contributed by atoms with van der Waals surface area (Å²) < 4.78 is 35.1. The minimum absolute atomic E-state index is 0.00984. The number of nitrogens with one attached hydrogen (secondary N) is 1. The fourth-order valence-corrected chi connectivity index (χ4v) is 5.21. The third-order valence-corrected chi connectivity index (χ3v) is 7.45. The number of ether oxygens (including phenoxy) is 1. The van der Waals surface area contributed by atoms with Crippen LogP contribution >= 0.6 is 11.9 Å². The Morgan fingerprint density at radius 3 is 2.41 bits per heavy atom. The van der Waals surface area contributed by atoms with Crippen molar-refractivity contribution in [3.63, 3.8) is 0 Å². The molecule has 0 saturated carbocycles. The quantitative estimate of drug-likeness (QED) is 0.265. The second-order valence-corrected chi connectivity index (χ2v) is 10.2. The van der Waals surface area contributed by atoms with Crippen LogP contribution in [0.1, 0.15) is 33.1 Å². The Labute approximate surface area is 190 Å². The molecule has 0 aromatic heterocycles. The van der Waals surface area contributed by atoms with Gasteiger partial charge in [0.1, 0.15) is 6.04 Å². The maximum absolute atomic E-state index is 12.8. The molecule has 2 unspecified atom stereocenters. The summed E-state index contributed by atoms with van der Waals surface area (Å²) >= 11 is 0.723. The molecule has 0 bridgehead atoms. The van der Waals surface area contributed by atoms with Crippen molar-refractivity contribution in [2.75, 3.05) is 19.7 Å². The summed E-state index contributed by atoms with van der Waals surface area (Å²) in [6.45, 7) is 3.36. The van der Waals surface area contributed by atoms with E-state index in [0.717, 1.165) is 11.9 Å². The van der Waals surface area contributed by atoms with Gasteiger partial charge in [-0.2, -0.15) is 4.72 Å². The number of hydroxylamine groups is 2. The van der Waals surface area contributed by atoms with Crippen LogP contribution < -0.4 is 4.72 Å². The van der Waals surface area contributed by atoms with Crippen molar-refractivity contribution in [3.8, 4) is 0 Å². The third-order valence-electron chi connectivity index (χ3n) is 4.92. The van der Waals surface area contributed by atoms with Crippen LogP contribution in [0.15, 0.2) is 39.8 Å². The molecule has 2 N–H and O–H groups in total. The molecule has 178 valence electrons. The molecule has 0 amide bonds. The van der Waals surface area contributed by atoms with E-state index in [0.29, 0.717) is 0 Å². The van der Waals surface area contributed by atoms with Gasteiger partial charge in [-0.25, -0.2) is 13.2 Å². The minimum atomic E-state index is -4.03. The number of hydrogen-bond acceptors (Lipinski definition) is 11. The van der Waals surface area contributed by atoms with Crippen molar-refractivity contribution in [1.29, 1.82) is 0 Å². The van der Waals surface area contributed by atoms with Crippen LogP contribution in [0.25, 0.3) is 0 Å². The lowest BCUT2D eigenvalue weighted by Gasteiger charge is -2.39. The molecule has 1 aromatic rings. The van der Waals surface area contributed by atoms with Gasteiger partial charge in [0.15, 0.2) is 6.10 Å². The molecule has 2 atom stereocenters. The number of hydrogen-bond donors (Lipinski definition) is 2. The van der Waals surface area contributed by atoms with Crippen LogP contribution in [0.5, 0.6) is 0 Å². The van der Waals surface area contributed by atoms with Gasteiger partial charge in [0.05, 0.1) is 11.5 Å². The molecule has 1 aliphatic heterocycles. The number of nitroso groups, excluding NO2 is 1. The SMILES string of the molecule is CCOC(=O)C(CC1(SN=O)CCN(OC(=O)C(C)O)CC1)NS(=O)(=O)c1ccccc1. The lowest BCUT2D eigenvalue weighted by molar-refractivity contribution is -0.204. The first-order valence-corrected chi connectivity index (χ1v) is 12.3. The minimum Gasteiger partial charge on any atom is -0.465 e. The third kappa shape index (κ3) is 7.24. The summed E-state index contributed by atoms with van der Waals surface area (Å²) in [5.74, 6) is -1.57. The van der Waals surface area contributed by atoms with Crippen LogP contribution in [0.3, 0.4) is 0 Å². The van der Waals surface area contributed by atoms with Crippen molar-refractivity contribution < 1.29 is 32.7 Å². The summed E-state index contributed by atoms with van der Waals surface area (Å²) in [5.41, 5.74) is 0. The fourth-order valence-electron chi connectivity index (χ4n) is 3.24. The molecule has 0 aliphatic carbocycles. The van der Waals surface area contributed by atoms with Gasteiger partial charge >= 0.3 is 11.9 Å². The van der Waals surface area contributed by atoms with Crippen molar-refractivity contribution in [2.24, 2.45) is 4.58 Å². The Hall–Kier alpha value is -2.06. The number of aliphatic hydroxyl groups is 1. The van der Waals surface area contributed by atoms with E-state index in [1.165, 1.54) is 24.1 Å². The highest BCUT2D eigenvalue weighted by molar-refractivity contribution is 7.99. The average molecular weight is 490 g/mol. The predicted molar refractivity (Wildman–Crippen MR) is 116 cm³/mol. The van der Waals surface area contributed by atoms with Gasteiger partial charge in [-0.3, -0.25) is 4.79 Å². The lowest BCUT2D eigenvalue weighted by atomic mass is 9.90. The zero-order valence-electron chi connectivity index (χ0n) is 17.8. The van der Waals surface area contributed by atoms with Crippen LogP contribution in [-0.4, -0.2) is 67.1 Å². The highest BCUT2D eigenvalue weighted by Gasteiger charge is 2.43. The van der Waals surface area contributed by atoms with Crippen molar-refractivity contribution in [2.45, 2.75) is 54.9 Å². The number of esters is 1. The molecule has 2 rings (SSSR count). The Morgan fingerprint density at radius 2 is 1.88 bits per heavy atom. The number of benzene rings is 1. The summed E-state index contributed by atoms with van der Waals surface area (Å²) in [5, 5.41) is 10.6. The van der Waals surface area contributed by atoms with E-state index in [4.69, 9.17) is 9.57 Å². The molecule has 11 nitrogen and oxygen atoms in total. The zero-order chi connectivity index (χ0) is 23.8. The molecule has 0 spiro atoms. The van der Waals surface area contributed by atoms with E-state index in [9.17, 15) is 28.0 Å². The average Bonchev–Trinajstić information content (AvgIpc) is 2.76. The number of carbonyl (C=O) groups excluding carboxylic acids is 2. The van der Waals surface area contributed by atoms with Gasteiger partial charge in [0.2, 0.25) is 10.0 Å².